The van der Waals surface area contributed by atoms with E-state index in [1.54, 1.807) is 0 Å². The van der Waals surface area contributed by atoms with Gasteiger partial charge in [0.05, 0.1) is 12.3 Å². The van der Waals surface area contributed by atoms with Crippen molar-refractivity contribution in [3.8, 4) is 0 Å². The normalized spacial score (nSPS) is 19.5. The molecule has 0 aromatic rings. The van der Waals surface area contributed by atoms with Crippen LogP contribution in [0.1, 0.15) is 0 Å². The zero-order valence-corrected chi connectivity index (χ0v) is 4.18. The Morgan fingerprint density at radius 3 is 3.00 bits per heavy atom. The molecule has 0 aromatic carbocycles. The van der Waals surface area contributed by atoms with Gasteiger partial charge in [-0.05, 0) is 6.08 Å². The number of rotatable bonds is 0. The highest BCUT2D eigenvalue weighted by Gasteiger charge is 2.07. The van der Waals surface area contributed by atoms with Crippen molar-refractivity contribution in [2.45, 2.75) is 0 Å². The Balaban J connectivity index is 2.67. The fraction of sp³-hybridized carbons (Fsp3) is 0.250. The smallest absolute Gasteiger partial charge is 0.290 e. The van der Waals surface area contributed by atoms with Gasteiger partial charge in [0.25, 0.3) is 5.91 Å². The summed E-state index contributed by atoms with van der Waals surface area (Å²) in [4.78, 5) is 14.9. The maximum absolute atomic E-state index is 10.4. The Morgan fingerprint density at radius 1 is 1.88 bits per heavy atom. The summed E-state index contributed by atoms with van der Waals surface area (Å²) in [6, 6.07) is 0. The fourth-order valence-corrected chi connectivity index (χ4v) is 0.390. The first-order valence-electron chi connectivity index (χ1n) is 2.18. The molecule has 0 aliphatic carbocycles. The van der Waals surface area contributed by atoms with Crippen LogP contribution in [0.2, 0.25) is 0 Å². The van der Waals surface area contributed by atoms with E-state index in [0.717, 1.165) is 0 Å². The molecule has 1 amide bonds. The van der Waals surface area contributed by atoms with Crippen LogP contribution in [0.5, 0.6) is 0 Å². The molecule has 1 rings (SSSR count). The third kappa shape index (κ3) is 0.788. The van der Waals surface area contributed by atoms with Crippen LogP contribution >= 0.6 is 0 Å². The highest BCUT2D eigenvalue weighted by molar-refractivity contribution is 5.92. The number of nitrogens with two attached hydrogens (primary N) is 1. The van der Waals surface area contributed by atoms with Crippen molar-refractivity contribution in [1.29, 1.82) is 0 Å². The second-order valence-electron chi connectivity index (χ2n) is 1.40. The molecule has 1 aliphatic rings. The minimum atomic E-state index is -0.365. The number of nitrogens with one attached hydrogen (secondary N) is 1. The summed E-state index contributed by atoms with van der Waals surface area (Å²) in [6.45, 7) is 0.359. The SMILES string of the molecule is NC1=CCONC1=O. The van der Waals surface area contributed by atoms with Crippen LogP contribution < -0.4 is 11.2 Å². The summed E-state index contributed by atoms with van der Waals surface area (Å²) in [5.41, 5.74) is 7.47. The van der Waals surface area contributed by atoms with Crippen molar-refractivity contribution in [3.05, 3.63) is 11.8 Å². The highest BCUT2D eigenvalue weighted by atomic mass is 16.7. The van der Waals surface area contributed by atoms with Crippen molar-refractivity contribution in [1.82, 2.24) is 5.48 Å². The molecule has 4 nitrogen and oxygen atoms in total. The van der Waals surface area contributed by atoms with Crippen LogP contribution in [-0.4, -0.2) is 12.5 Å². The predicted octanol–water partition coefficient (Wildman–Crippen LogP) is -1.11. The van der Waals surface area contributed by atoms with E-state index in [4.69, 9.17) is 5.73 Å². The molecule has 0 bridgehead atoms. The largest absolute Gasteiger partial charge is 0.394 e. The molecular formula is C4H6N2O2. The minimum absolute atomic E-state index is 0.219. The van der Waals surface area contributed by atoms with Crippen molar-refractivity contribution >= 4 is 5.91 Å². The van der Waals surface area contributed by atoms with Crippen LogP contribution in [0.15, 0.2) is 11.8 Å². The maximum Gasteiger partial charge on any atom is 0.290 e. The van der Waals surface area contributed by atoms with Crippen LogP contribution in [0.4, 0.5) is 0 Å². The maximum atomic E-state index is 10.4. The summed E-state index contributed by atoms with van der Waals surface area (Å²) in [6.07, 6.45) is 1.51. The molecule has 3 N–H and O–H groups in total. The predicted molar refractivity (Wildman–Crippen MR) is 26.4 cm³/mol. The van der Waals surface area contributed by atoms with Crippen LogP contribution in [0.3, 0.4) is 0 Å². The first-order chi connectivity index (χ1) is 3.80. The van der Waals surface area contributed by atoms with Gasteiger partial charge in [0.15, 0.2) is 0 Å². The molecule has 0 spiro atoms. The Hall–Kier alpha value is -1.03. The zero-order valence-electron chi connectivity index (χ0n) is 4.18. The first-order valence-corrected chi connectivity index (χ1v) is 2.18. The number of amides is 1. The zero-order chi connectivity index (χ0) is 5.98. The fourth-order valence-electron chi connectivity index (χ4n) is 0.390. The molecule has 1 heterocycles. The number of carbonyl (C=O) groups is 1. The van der Waals surface area contributed by atoms with Gasteiger partial charge in [-0.25, -0.2) is 5.48 Å². The van der Waals surface area contributed by atoms with Gasteiger partial charge in [0.2, 0.25) is 0 Å². The molecular weight excluding hydrogens is 108 g/mol. The lowest BCUT2D eigenvalue weighted by atomic mass is 10.4. The van der Waals surface area contributed by atoms with Gasteiger partial charge in [-0.1, -0.05) is 0 Å². The van der Waals surface area contributed by atoms with E-state index >= 15 is 0 Å². The Morgan fingerprint density at radius 2 is 2.62 bits per heavy atom. The Bertz CT molecular complexity index is 141. The quantitative estimate of drug-likeness (QED) is 0.419. The molecule has 0 radical (unpaired) electrons. The second-order valence-corrected chi connectivity index (χ2v) is 1.40. The third-order valence-corrected chi connectivity index (χ3v) is 0.814. The average Bonchev–Trinajstić information content (AvgIpc) is 1.77. The molecule has 0 aromatic heterocycles. The molecule has 44 valence electrons. The lowest BCUT2D eigenvalue weighted by Gasteiger charge is -2.08. The van der Waals surface area contributed by atoms with E-state index in [1.165, 1.54) is 6.08 Å². The minimum Gasteiger partial charge on any atom is -0.394 e. The number of hydroxylamine groups is 1. The first kappa shape index (κ1) is 5.11. The van der Waals surface area contributed by atoms with Gasteiger partial charge in [0.1, 0.15) is 0 Å². The molecule has 1 aliphatic heterocycles. The number of carbonyl (C=O) groups excluding carboxylic acids is 1. The van der Waals surface area contributed by atoms with Crippen LogP contribution in [0, 0.1) is 0 Å². The van der Waals surface area contributed by atoms with Gasteiger partial charge >= 0.3 is 0 Å². The molecule has 4 heteroatoms. The molecule has 0 unspecified atom stereocenters. The van der Waals surface area contributed by atoms with Gasteiger partial charge in [-0.3, -0.25) is 9.63 Å². The van der Waals surface area contributed by atoms with E-state index in [9.17, 15) is 4.79 Å². The van der Waals surface area contributed by atoms with Gasteiger partial charge in [-0.2, -0.15) is 0 Å². The van der Waals surface area contributed by atoms with E-state index in [0.29, 0.717) is 6.61 Å². The summed E-state index contributed by atoms with van der Waals surface area (Å²) >= 11 is 0. The monoisotopic (exact) mass is 114 g/mol. The van der Waals surface area contributed by atoms with Crippen molar-refractivity contribution in [2.24, 2.45) is 5.73 Å². The number of hydrogen-bond acceptors (Lipinski definition) is 3. The van der Waals surface area contributed by atoms with E-state index in [2.05, 4.69) is 10.3 Å². The summed E-state index contributed by atoms with van der Waals surface area (Å²) in [5, 5.41) is 0. The summed E-state index contributed by atoms with van der Waals surface area (Å²) < 4.78 is 0. The topological polar surface area (TPSA) is 64.3 Å². The Kier molecular flexibility index (Phi) is 1.17. The third-order valence-electron chi connectivity index (χ3n) is 0.814. The number of hydrogen-bond donors (Lipinski definition) is 2. The second kappa shape index (κ2) is 1.83. The summed E-state index contributed by atoms with van der Waals surface area (Å²) in [7, 11) is 0. The average molecular weight is 114 g/mol. The molecule has 0 saturated heterocycles. The molecule has 0 atom stereocenters. The standard InChI is InChI=1S/C4H6N2O2/c5-3-1-2-8-6-4(3)7/h1H,2,5H2,(H,6,7). The van der Waals surface area contributed by atoms with Gasteiger partial charge < -0.3 is 5.73 Å². The van der Waals surface area contributed by atoms with Crippen molar-refractivity contribution in [3.63, 3.8) is 0 Å². The van der Waals surface area contributed by atoms with Crippen LogP contribution in [0.25, 0.3) is 0 Å². The van der Waals surface area contributed by atoms with Crippen LogP contribution in [-0.2, 0) is 9.63 Å². The molecule has 8 heavy (non-hydrogen) atoms. The Labute approximate surface area is 46.3 Å². The van der Waals surface area contributed by atoms with Crippen molar-refractivity contribution in [2.75, 3.05) is 6.61 Å². The van der Waals surface area contributed by atoms with E-state index in [1.807, 2.05) is 0 Å². The lowest BCUT2D eigenvalue weighted by Crippen LogP contribution is -2.32. The highest BCUT2D eigenvalue weighted by Crippen LogP contribution is 1.89. The summed E-state index contributed by atoms with van der Waals surface area (Å²) in [5.74, 6) is -0.365. The van der Waals surface area contributed by atoms with Gasteiger partial charge in [0, 0.05) is 0 Å². The van der Waals surface area contributed by atoms with Gasteiger partial charge in [-0.15, -0.1) is 0 Å². The van der Waals surface area contributed by atoms with Crippen molar-refractivity contribution < 1.29 is 9.63 Å². The van der Waals surface area contributed by atoms with E-state index < -0.39 is 0 Å². The molecule has 0 saturated carbocycles. The molecule has 0 fully saturated rings. The lowest BCUT2D eigenvalue weighted by molar-refractivity contribution is -0.130. The van der Waals surface area contributed by atoms with E-state index in [-0.39, 0.29) is 11.6 Å².